The lowest BCUT2D eigenvalue weighted by Gasteiger charge is -2.14. The number of carbonyl (C=O) groups is 1. The largest absolute Gasteiger partial charge is 0.287 e. The van der Waals surface area contributed by atoms with E-state index in [1.807, 2.05) is 20.8 Å². The normalized spacial score (nSPS) is 11.6. The lowest BCUT2D eigenvalue weighted by atomic mass is 10.00. The maximum Gasteiger partial charge on any atom is 0.194 e. The van der Waals surface area contributed by atoms with Gasteiger partial charge in [-0.1, -0.05) is 32.5 Å². The average molecular weight is 192 g/mol. The quantitative estimate of drug-likeness (QED) is 0.640. The van der Waals surface area contributed by atoms with Gasteiger partial charge < -0.3 is 0 Å². The molecule has 66 valence electrons. The number of rotatable bonds is 3. The molecule has 0 aromatic rings. The van der Waals surface area contributed by atoms with Crippen LogP contribution in [0.2, 0.25) is 0 Å². The number of hydrogen-bond acceptors (Lipinski definition) is 3. The van der Waals surface area contributed by atoms with E-state index in [9.17, 15) is 4.79 Å². The first kappa shape index (κ1) is 11.4. The molecule has 0 heterocycles. The Morgan fingerprint density at radius 3 is 2.18 bits per heavy atom. The zero-order valence-electron chi connectivity index (χ0n) is 7.64. The Morgan fingerprint density at radius 1 is 1.27 bits per heavy atom. The molecule has 0 aliphatic rings. The van der Waals surface area contributed by atoms with E-state index in [0.717, 1.165) is 11.5 Å². The second kappa shape index (κ2) is 5.09. The lowest BCUT2D eigenvalue weighted by molar-refractivity contribution is -0.117. The van der Waals surface area contributed by atoms with Crippen LogP contribution in [0.3, 0.4) is 0 Å². The van der Waals surface area contributed by atoms with Crippen molar-refractivity contribution in [2.75, 3.05) is 17.8 Å². The molecule has 0 rings (SSSR count). The van der Waals surface area contributed by atoms with Crippen LogP contribution in [0.15, 0.2) is 0 Å². The van der Waals surface area contributed by atoms with E-state index in [4.69, 9.17) is 0 Å². The first-order valence-corrected chi connectivity index (χ1v) is 6.02. The first-order valence-electron chi connectivity index (χ1n) is 3.64. The molecule has 3 heteroatoms. The highest BCUT2D eigenvalue weighted by molar-refractivity contribution is 8.14. The van der Waals surface area contributed by atoms with Gasteiger partial charge in [0.1, 0.15) is 0 Å². The highest BCUT2D eigenvalue weighted by Gasteiger charge is 2.20. The maximum absolute atomic E-state index is 11.3. The highest BCUT2D eigenvalue weighted by atomic mass is 32.2. The smallest absolute Gasteiger partial charge is 0.194 e. The second-order valence-corrected chi connectivity index (χ2v) is 5.43. The third-order valence-corrected chi connectivity index (χ3v) is 3.29. The van der Waals surface area contributed by atoms with Crippen LogP contribution in [0.1, 0.15) is 20.8 Å². The topological polar surface area (TPSA) is 17.1 Å². The van der Waals surface area contributed by atoms with Crippen LogP contribution in [0.5, 0.6) is 0 Å². The number of carbonyl (C=O) groups excluding carboxylic acids is 1. The maximum atomic E-state index is 11.3. The molecular weight excluding hydrogens is 176 g/mol. The highest BCUT2D eigenvalue weighted by Crippen LogP contribution is 2.22. The minimum absolute atomic E-state index is 0.178. The van der Waals surface area contributed by atoms with E-state index in [-0.39, 0.29) is 5.41 Å². The molecule has 0 unspecified atom stereocenters. The molecule has 0 aliphatic carbocycles. The molecule has 0 N–H and O–H groups in total. The van der Waals surface area contributed by atoms with Crippen LogP contribution in [-0.4, -0.2) is 22.9 Å². The molecule has 0 saturated heterocycles. The zero-order chi connectivity index (χ0) is 8.91. The van der Waals surface area contributed by atoms with Crippen LogP contribution in [0.25, 0.3) is 0 Å². The molecule has 0 fully saturated rings. The molecular formula is C8H16OS2. The van der Waals surface area contributed by atoms with Crippen LogP contribution in [0.4, 0.5) is 0 Å². The van der Waals surface area contributed by atoms with Gasteiger partial charge in [0.15, 0.2) is 5.12 Å². The summed E-state index contributed by atoms with van der Waals surface area (Å²) in [6.45, 7) is 5.88. The summed E-state index contributed by atoms with van der Waals surface area (Å²) in [6.07, 6.45) is 2.06. The first-order chi connectivity index (χ1) is 4.98. The van der Waals surface area contributed by atoms with Crippen molar-refractivity contribution in [1.82, 2.24) is 0 Å². The molecule has 0 radical (unpaired) electrons. The van der Waals surface area contributed by atoms with Crippen molar-refractivity contribution < 1.29 is 4.79 Å². The summed E-state index contributed by atoms with van der Waals surface area (Å²) in [5.74, 6) is 2.00. The van der Waals surface area contributed by atoms with E-state index in [1.165, 1.54) is 11.8 Å². The molecule has 0 spiro atoms. The number of hydrogen-bond donors (Lipinski definition) is 0. The lowest BCUT2D eigenvalue weighted by Crippen LogP contribution is -2.17. The molecule has 0 amide bonds. The van der Waals surface area contributed by atoms with Gasteiger partial charge >= 0.3 is 0 Å². The van der Waals surface area contributed by atoms with Gasteiger partial charge in [0.05, 0.1) is 0 Å². The SMILES string of the molecule is CSCCSC(=O)C(C)(C)C. The van der Waals surface area contributed by atoms with Crippen molar-refractivity contribution >= 4 is 28.6 Å². The Bertz CT molecular complexity index is 127. The Balaban J connectivity index is 3.54. The minimum Gasteiger partial charge on any atom is -0.287 e. The molecule has 11 heavy (non-hydrogen) atoms. The fourth-order valence-corrected chi connectivity index (χ4v) is 2.05. The van der Waals surface area contributed by atoms with Crippen LogP contribution in [-0.2, 0) is 4.79 Å². The van der Waals surface area contributed by atoms with Crippen LogP contribution < -0.4 is 0 Å². The van der Waals surface area contributed by atoms with Crippen molar-refractivity contribution in [3.8, 4) is 0 Å². The van der Waals surface area contributed by atoms with Gasteiger partial charge in [-0.2, -0.15) is 11.8 Å². The fourth-order valence-electron chi connectivity index (χ4n) is 0.434. The average Bonchev–Trinajstić information content (AvgIpc) is 1.86. The molecule has 0 aliphatic heterocycles. The van der Waals surface area contributed by atoms with E-state index in [0.29, 0.717) is 5.12 Å². The van der Waals surface area contributed by atoms with Crippen molar-refractivity contribution in [2.45, 2.75) is 20.8 Å². The van der Waals surface area contributed by atoms with Crippen molar-refractivity contribution in [1.29, 1.82) is 0 Å². The predicted octanol–water partition coefficient (Wildman–Crippen LogP) is 2.66. The summed E-state index contributed by atoms with van der Waals surface area (Å²) < 4.78 is 0. The minimum atomic E-state index is -0.178. The molecule has 0 bridgehead atoms. The van der Waals surface area contributed by atoms with E-state index >= 15 is 0 Å². The van der Waals surface area contributed by atoms with Crippen LogP contribution >= 0.6 is 23.5 Å². The Labute approximate surface area is 77.7 Å². The van der Waals surface area contributed by atoms with Crippen molar-refractivity contribution in [2.24, 2.45) is 5.41 Å². The van der Waals surface area contributed by atoms with Crippen molar-refractivity contribution in [3.63, 3.8) is 0 Å². The van der Waals surface area contributed by atoms with Crippen LogP contribution in [0, 0.1) is 5.41 Å². The summed E-state index contributed by atoms with van der Waals surface area (Å²) >= 11 is 3.23. The van der Waals surface area contributed by atoms with Gasteiger partial charge in [-0.05, 0) is 6.26 Å². The van der Waals surface area contributed by atoms with E-state index in [1.54, 1.807) is 11.8 Å². The predicted molar refractivity (Wildman–Crippen MR) is 55.3 cm³/mol. The molecule has 1 nitrogen and oxygen atoms in total. The van der Waals surface area contributed by atoms with E-state index < -0.39 is 0 Å². The molecule has 0 aromatic heterocycles. The van der Waals surface area contributed by atoms with Gasteiger partial charge in [-0.15, -0.1) is 0 Å². The molecule has 0 saturated carbocycles. The summed E-state index contributed by atoms with van der Waals surface area (Å²) in [4.78, 5) is 11.3. The van der Waals surface area contributed by atoms with Gasteiger partial charge in [0.25, 0.3) is 0 Å². The van der Waals surface area contributed by atoms with Gasteiger partial charge in [-0.25, -0.2) is 0 Å². The standard InChI is InChI=1S/C8H16OS2/c1-8(2,3)7(9)11-6-5-10-4/h5-6H2,1-4H3. The summed E-state index contributed by atoms with van der Waals surface area (Å²) in [5.41, 5.74) is -0.178. The summed E-state index contributed by atoms with van der Waals surface area (Å²) in [7, 11) is 0. The third-order valence-electron chi connectivity index (χ3n) is 1.13. The van der Waals surface area contributed by atoms with Crippen molar-refractivity contribution in [3.05, 3.63) is 0 Å². The summed E-state index contributed by atoms with van der Waals surface area (Å²) in [6, 6.07) is 0. The second-order valence-electron chi connectivity index (χ2n) is 3.38. The summed E-state index contributed by atoms with van der Waals surface area (Å²) in [5, 5.41) is 0.298. The monoisotopic (exact) mass is 192 g/mol. The molecule has 0 aromatic carbocycles. The Kier molecular flexibility index (Phi) is 5.26. The number of thioether (sulfide) groups is 2. The van der Waals surface area contributed by atoms with Gasteiger partial charge in [0.2, 0.25) is 0 Å². The third kappa shape index (κ3) is 5.62. The zero-order valence-corrected chi connectivity index (χ0v) is 9.27. The molecule has 0 atom stereocenters. The fraction of sp³-hybridized carbons (Fsp3) is 0.875. The van der Waals surface area contributed by atoms with E-state index in [2.05, 4.69) is 6.26 Å². The Morgan fingerprint density at radius 2 is 1.82 bits per heavy atom. The van der Waals surface area contributed by atoms with Gasteiger partial charge in [0, 0.05) is 16.9 Å². The Hall–Kier alpha value is 0.370. The van der Waals surface area contributed by atoms with Gasteiger partial charge in [-0.3, -0.25) is 4.79 Å².